The van der Waals surface area contributed by atoms with Crippen LogP contribution in [-0.4, -0.2) is 108 Å². The number of rotatable bonds is 8. The van der Waals surface area contributed by atoms with Crippen molar-refractivity contribution in [1.29, 1.82) is 0 Å². The zero-order chi connectivity index (χ0) is 22.4. The third kappa shape index (κ3) is 5.94. The van der Waals surface area contributed by atoms with E-state index in [0.29, 0.717) is 57.3 Å². The lowest BCUT2D eigenvalue weighted by Gasteiger charge is -2.34. The molecule has 2 aliphatic rings. The van der Waals surface area contributed by atoms with E-state index in [4.69, 9.17) is 4.74 Å². The van der Waals surface area contributed by atoms with Gasteiger partial charge in [-0.1, -0.05) is 0 Å². The Morgan fingerprint density at radius 3 is 2.58 bits per heavy atom. The number of methoxy groups -OCH3 is 1. The molecular weight excluding hydrogens is 406 g/mol. The van der Waals surface area contributed by atoms with Gasteiger partial charge < -0.3 is 19.9 Å². The number of piperazine rings is 1. The molecule has 2 saturated heterocycles. The molecule has 0 aliphatic carbocycles. The van der Waals surface area contributed by atoms with Crippen LogP contribution in [0.5, 0.6) is 5.88 Å². The van der Waals surface area contributed by atoms with Gasteiger partial charge in [-0.25, -0.2) is 4.79 Å². The second kappa shape index (κ2) is 10.2. The summed E-state index contributed by atoms with van der Waals surface area (Å²) >= 11 is 0. The minimum Gasteiger partial charge on any atom is -0.479 e. The molecule has 0 bridgehead atoms. The van der Waals surface area contributed by atoms with E-state index in [1.54, 1.807) is 22.8 Å². The normalized spacial score (nSPS) is 17.5. The second-order valence-electron chi connectivity index (χ2n) is 7.55. The molecular formula is C19H29N7O5. The van der Waals surface area contributed by atoms with Crippen LogP contribution in [0.4, 0.5) is 4.79 Å². The van der Waals surface area contributed by atoms with E-state index < -0.39 is 6.03 Å². The smallest absolute Gasteiger partial charge is 0.324 e. The zero-order valence-corrected chi connectivity index (χ0v) is 17.9. The summed E-state index contributed by atoms with van der Waals surface area (Å²) in [4.78, 5) is 53.0. The van der Waals surface area contributed by atoms with Crippen LogP contribution in [0.2, 0.25) is 0 Å². The molecule has 170 valence electrons. The highest BCUT2D eigenvalue weighted by atomic mass is 16.5. The van der Waals surface area contributed by atoms with Crippen molar-refractivity contribution in [3.8, 4) is 5.88 Å². The van der Waals surface area contributed by atoms with Crippen LogP contribution in [0.1, 0.15) is 23.2 Å². The SMILES string of the molecule is COc1nn(C)cc1C(=O)N1CCN(CCNC(=O)CCN2CCC(=O)NC2=O)CC1. The minimum atomic E-state index is -0.444. The van der Waals surface area contributed by atoms with Crippen LogP contribution in [-0.2, 0) is 16.6 Å². The summed E-state index contributed by atoms with van der Waals surface area (Å²) in [6, 6.07) is -0.444. The molecule has 0 saturated carbocycles. The summed E-state index contributed by atoms with van der Waals surface area (Å²) in [5.74, 6) is -0.193. The van der Waals surface area contributed by atoms with Crippen molar-refractivity contribution < 1.29 is 23.9 Å². The number of amides is 5. The lowest BCUT2D eigenvalue weighted by molar-refractivity contribution is -0.121. The molecule has 1 aromatic rings. The second-order valence-corrected chi connectivity index (χ2v) is 7.55. The number of carbonyl (C=O) groups excluding carboxylic acids is 4. The lowest BCUT2D eigenvalue weighted by Crippen LogP contribution is -2.51. The molecule has 0 unspecified atom stereocenters. The molecule has 12 heteroatoms. The van der Waals surface area contributed by atoms with E-state index in [1.165, 1.54) is 12.0 Å². The van der Waals surface area contributed by atoms with Gasteiger partial charge in [0, 0.05) is 78.4 Å². The number of nitrogens with zero attached hydrogens (tertiary/aromatic N) is 5. The number of hydrogen-bond acceptors (Lipinski definition) is 7. The van der Waals surface area contributed by atoms with Gasteiger partial charge in [-0.3, -0.25) is 29.3 Å². The largest absolute Gasteiger partial charge is 0.479 e. The summed E-state index contributed by atoms with van der Waals surface area (Å²) < 4.78 is 6.73. The van der Waals surface area contributed by atoms with Gasteiger partial charge in [0.1, 0.15) is 5.56 Å². The highest BCUT2D eigenvalue weighted by Crippen LogP contribution is 2.18. The van der Waals surface area contributed by atoms with Gasteiger partial charge in [-0.2, -0.15) is 0 Å². The van der Waals surface area contributed by atoms with Crippen LogP contribution in [0.3, 0.4) is 0 Å². The Morgan fingerprint density at radius 2 is 1.90 bits per heavy atom. The van der Waals surface area contributed by atoms with Gasteiger partial charge in [0.15, 0.2) is 0 Å². The number of aromatic nitrogens is 2. The van der Waals surface area contributed by atoms with E-state index >= 15 is 0 Å². The van der Waals surface area contributed by atoms with Crippen molar-refractivity contribution in [2.24, 2.45) is 7.05 Å². The highest BCUT2D eigenvalue weighted by molar-refractivity contribution is 5.97. The van der Waals surface area contributed by atoms with Crippen molar-refractivity contribution in [3.63, 3.8) is 0 Å². The maximum Gasteiger partial charge on any atom is 0.324 e. The average Bonchev–Trinajstić information content (AvgIpc) is 3.14. The van der Waals surface area contributed by atoms with Crippen LogP contribution >= 0.6 is 0 Å². The molecule has 0 radical (unpaired) electrons. The van der Waals surface area contributed by atoms with Gasteiger partial charge >= 0.3 is 6.03 Å². The predicted octanol–water partition coefficient (Wildman–Crippen LogP) is -1.37. The average molecular weight is 435 g/mol. The summed E-state index contributed by atoms with van der Waals surface area (Å²) in [5, 5.41) is 9.22. The Bertz CT molecular complexity index is 832. The Hall–Kier alpha value is -3.15. The van der Waals surface area contributed by atoms with Crippen molar-refractivity contribution in [1.82, 2.24) is 35.1 Å². The number of aryl methyl sites for hydroxylation is 1. The molecule has 3 rings (SSSR count). The first-order valence-corrected chi connectivity index (χ1v) is 10.3. The van der Waals surface area contributed by atoms with Crippen molar-refractivity contribution >= 4 is 23.8 Å². The fourth-order valence-corrected chi connectivity index (χ4v) is 3.60. The number of hydrogen-bond donors (Lipinski definition) is 2. The first-order chi connectivity index (χ1) is 14.9. The third-order valence-electron chi connectivity index (χ3n) is 5.38. The molecule has 31 heavy (non-hydrogen) atoms. The molecule has 2 fully saturated rings. The fraction of sp³-hybridized carbons (Fsp3) is 0.632. The highest BCUT2D eigenvalue weighted by Gasteiger charge is 2.26. The predicted molar refractivity (Wildman–Crippen MR) is 109 cm³/mol. The Morgan fingerprint density at radius 1 is 1.16 bits per heavy atom. The molecule has 2 aliphatic heterocycles. The van der Waals surface area contributed by atoms with E-state index in [9.17, 15) is 19.2 Å². The maximum atomic E-state index is 12.7. The molecule has 0 aromatic carbocycles. The number of carbonyl (C=O) groups is 4. The monoisotopic (exact) mass is 435 g/mol. The Balaban J connectivity index is 1.33. The molecule has 3 heterocycles. The number of imide groups is 1. The molecule has 1 aromatic heterocycles. The molecule has 0 atom stereocenters. The zero-order valence-electron chi connectivity index (χ0n) is 17.9. The van der Waals surface area contributed by atoms with Gasteiger partial charge in [-0.05, 0) is 0 Å². The minimum absolute atomic E-state index is 0.0960. The number of nitrogens with one attached hydrogen (secondary N) is 2. The topological polar surface area (TPSA) is 129 Å². The summed E-state index contributed by atoms with van der Waals surface area (Å²) in [6.07, 6.45) is 2.11. The first-order valence-electron chi connectivity index (χ1n) is 10.3. The van der Waals surface area contributed by atoms with E-state index in [-0.39, 0.29) is 37.1 Å². The van der Waals surface area contributed by atoms with Gasteiger partial charge in [-0.15, -0.1) is 5.10 Å². The summed E-state index contributed by atoms with van der Waals surface area (Å²) in [5.41, 5.74) is 0.456. The van der Waals surface area contributed by atoms with Gasteiger partial charge in [0.25, 0.3) is 5.91 Å². The van der Waals surface area contributed by atoms with Crippen LogP contribution in [0.15, 0.2) is 6.20 Å². The number of urea groups is 1. The third-order valence-corrected chi connectivity index (χ3v) is 5.38. The maximum absolute atomic E-state index is 12.7. The van der Waals surface area contributed by atoms with Crippen molar-refractivity contribution in [3.05, 3.63) is 11.8 Å². The summed E-state index contributed by atoms with van der Waals surface area (Å²) in [7, 11) is 3.24. The van der Waals surface area contributed by atoms with Crippen molar-refractivity contribution in [2.75, 3.05) is 59.5 Å². The van der Waals surface area contributed by atoms with Crippen molar-refractivity contribution in [2.45, 2.75) is 12.8 Å². The first kappa shape index (κ1) is 22.5. The summed E-state index contributed by atoms with van der Waals surface area (Å²) in [6.45, 7) is 4.41. The quantitative estimate of drug-likeness (QED) is 0.516. The fourth-order valence-electron chi connectivity index (χ4n) is 3.60. The van der Waals surface area contributed by atoms with E-state index in [1.807, 2.05) is 0 Å². The molecule has 5 amide bonds. The molecule has 0 spiro atoms. The van der Waals surface area contributed by atoms with Crippen LogP contribution in [0.25, 0.3) is 0 Å². The molecule has 2 N–H and O–H groups in total. The lowest BCUT2D eigenvalue weighted by atomic mass is 10.2. The Labute approximate surface area is 180 Å². The van der Waals surface area contributed by atoms with E-state index in [2.05, 4.69) is 20.6 Å². The molecule has 12 nitrogen and oxygen atoms in total. The van der Waals surface area contributed by atoms with Crippen LogP contribution < -0.4 is 15.4 Å². The number of ether oxygens (including phenoxy) is 1. The Kier molecular flexibility index (Phi) is 7.45. The van der Waals surface area contributed by atoms with Crippen LogP contribution in [0, 0.1) is 0 Å². The van der Waals surface area contributed by atoms with Gasteiger partial charge in [0.2, 0.25) is 17.7 Å². The van der Waals surface area contributed by atoms with Gasteiger partial charge in [0.05, 0.1) is 7.11 Å². The standard InChI is InChI=1S/C19H29N7O5/c1-23-13-14(17(22-23)31-2)18(29)25-11-9-24(10-12-25)8-5-20-15(27)3-6-26-7-4-16(28)21-19(26)30/h13H,3-12H2,1-2H3,(H,20,27)(H,21,28,30). The van der Waals surface area contributed by atoms with E-state index in [0.717, 1.165) is 0 Å².